The lowest BCUT2D eigenvalue weighted by Crippen LogP contribution is -2.08. The van der Waals surface area contributed by atoms with E-state index in [0.717, 1.165) is 12.1 Å². The zero-order chi connectivity index (χ0) is 14.7. The summed E-state index contributed by atoms with van der Waals surface area (Å²) in [5, 5.41) is 4.29. The van der Waals surface area contributed by atoms with E-state index in [9.17, 15) is 4.79 Å². The van der Waals surface area contributed by atoms with Crippen LogP contribution < -0.4 is 4.74 Å². The minimum atomic E-state index is -0.0725. The van der Waals surface area contributed by atoms with Crippen molar-refractivity contribution in [1.82, 2.24) is 14.8 Å². The van der Waals surface area contributed by atoms with Gasteiger partial charge in [0.15, 0.2) is 5.78 Å². The maximum absolute atomic E-state index is 12.5. The number of pyridine rings is 1. The second-order valence-corrected chi connectivity index (χ2v) is 4.92. The fraction of sp³-hybridized carbons (Fsp3) is 0.400. The zero-order valence-corrected chi connectivity index (χ0v) is 12.3. The molecule has 2 heterocycles. The number of ether oxygens (including phenoxy) is 1. The van der Waals surface area contributed by atoms with E-state index in [4.69, 9.17) is 4.74 Å². The van der Waals surface area contributed by atoms with Crippen molar-refractivity contribution in [2.45, 2.75) is 33.3 Å². The highest BCUT2D eigenvalue weighted by Gasteiger charge is 2.17. The second kappa shape index (κ2) is 5.86. The van der Waals surface area contributed by atoms with E-state index in [1.807, 2.05) is 27.8 Å². The van der Waals surface area contributed by atoms with Gasteiger partial charge in [0.2, 0.25) is 0 Å². The summed E-state index contributed by atoms with van der Waals surface area (Å²) in [5.74, 6) is 0.532. The predicted octanol–water partition coefficient (Wildman–Crippen LogP) is 2.40. The molecule has 0 aliphatic heterocycles. The third kappa shape index (κ3) is 3.04. The Morgan fingerprint density at radius 3 is 2.80 bits per heavy atom. The van der Waals surface area contributed by atoms with Crippen molar-refractivity contribution in [3.63, 3.8) is 0 Å². The third-order valence-electron chi connectivity index (χ3n) is 2.83. The number of rotatable bonds is 5. The van der Waals surface area contributed by atoms with Crippen molar-refractivity contribution >= 4 is 5.78 Å². The summed E-state index contributed by atoms with van der Waals surface area (Å²) in [7, 11) is 1.81. The van der Waals surface area contributed by atoms with E-state index in [1.165, 1.54) is 0 Å². The maximum atomic E-state index is 12.5. The molecule has 0 saturated heterocycles. The highest BCUT2D eigenvalue weighted by atomic mass is 16.5. The molecule has 5 nitrogen and oxygen atoms in total. The summed E-state index contributed by atoms with van der Waals surface area (Å²) < 4.78 is 7.23. The number of carbonyl (C=O) groups is 1. The number of hydrogen-bond donors (Lipinski definition) is 0. The molecule has 0 aliphatic rings. The molecule has 0 unspecified atom stereocenters. The Labute approximate surface area is 118 Å². The quantitative estimate of drug-likeness (QED) is 0.785. The first-order valence-corrected chi connectivity index (χ1v) is 6.70. The zero-order valence-electron chi connectivity index (χ0n) is 12.3. The normalized spacial score (nSPS) is 10.8. The number of ketones is 1. The average molecular weight is 273 g/mol. The molecule has 0 radical (unpaired) electrons. The average Bonchev–Trinajstić information content (AvgIpc) is 2.78. The molecule has 0 atom stereocenters. The summed E-state index contributed by atoms with van der Waals surface area (Å²) in [4.78, 5) is 16.6. The van der Waals surface area contributed by atoms with Gasteiger partial charge in [-0.25, -0.2) is 0 Å². The molecule has 5 heteroatoms. The second-order valence-electron chi connectivity index (χ2n) is 4.92. The van der Waals surface area contributed by atoms with Crippen LogP contribution in [0.1, 0.15) is 42.4 Å². The molecule has 20 heavy (non-hydrogen) atoms. The molecule has 0 bridgehead atoms. The van der Waals surface area contributed by atoms with Gasteiger partial charge in [0.05, 0.1) is 23.6 Å². The molecular weight excluding hydrogens is 254 g/mol. The lowest BCUT2D eigenvalue weighted by atomic mass is 10.0. The van der Waals surface area contributed by atoms with E-state index >= 15 is 0 Å². The monoisotopic (exact) mass is 273 g/mol. The minimum Gasteiger partial charge on any atom is -0.489 e. The fourth-order valence-corrected chi connectivity index (χ4v) is 2.02. The molecule has 2 aromatic heterocycles. The first kappa shape index (κ1) is 14.2. The number of nitrogens with zero attached hydrogens (tertiary/aromatic N) is 3. The van der Waals surface area contributed by atoms with Crippen molar-refractivity contribution < 1.29 is 9.53 Å². The molecule has 0 amide bonds. The van der Waals surface area contributed by atoms with E-state index < -0.39 is 0 Å². The summed E-state index contributed by atoms with van der Waals surface area (Å²) in [6, 6.07) is 1.72. The SMILES string of the molecule is CCc1nn(C)cc1C(=O)c1cncc(OC(C)C)c1. The van der Waals surface area contributed by atoms with Crippen LogP contribution in [-0.2, 0) is 13.5 Å². The van der Waals surface area contributed by atoms with Crippen LogP contribution in [0.3, 0.4) is 0 Å². The third-order valence-corrected chi connectivity index (χ3v) is 2.83. The van der Waals surface area contributed by atoms with E-state index in [0.29, 0.717) is 16.9 Å². The highest BCUT2D eigenvalue weighted by molar-refractivity contribution is 6.09. The van der Waals surface area contributed by atoms with Crippen LogP contribution in [0.15, 0.2) is 24.7 Å². The molecule has 0 fully saturated rings. The minimum absolute atomic E-state index is 0.0479. The Morgan fingerprint density at radius 1 is 1.40 bits per heavy atom. The molecule has 0 spiro atoms. The maximum Gasteiger partial charge on any atom is 0.198 e. The lowest BCUT2D eigenvalue weighted by Gasteiger charge is -2.09. The van der Waals surface area contributed by atoms with Crippen molar-refractivity contribution in [2.75, 3.05) is 0 Å². The van der Waals surface area contributed by atoms with Gasteiger partial charge in [0, 0.05) is 25.0 Å². The largest absolute Gasteiger partial charge is 0.489 e. The van der Waals surface area contributed by atoms with Gasteiger partial charge in [0.25, 0.3) is 0 Å². The Morgan fingerprint density at radius 2 is 2.15 bits per heavy atom. The predicted molar refractivity (Wildman–Crippen MR) is 76.0 cm³/mol. The first-order chi connectivity index (χ1) is 9.51. The molecule has 0 N–H and O–H groups in total. The summed E-state index contributed by atoms with van der Waals surface area (Å²) in [6.07, 6.45) is 5.68. The molecule has 2 rings (SSSR count). The summed E-state index contributed by atoms with van der Waals surface area (Å²) in [6.45, 7) is 5.85. The topological polar surface area (TPSA) is 57.0 Å². The van der Waals surface area contributed by atoms with Crippen molar-refractivity contribution in [3.05, 3.63) is 41.5 Å². The standard InChI is InChI=1S/C15H19N3O2/c1-5-14-13(9-18(4)17-14)15(19)11-6-12(8-16-7-11)20-10(2)3/h6-10H,5H2,1-4H3. The molecule has 2 aromatic rings. The van der Waals surface area contributed by atoms with E-state index in [-0.39, 0.29) is 11.9 Å². The Balaban J connectivity index is 2.33. The van der Waals surface area contributed by atoms with Crippen molar-refractivity contribution in [1.29, 1.82) is 0 Å². The van der Waals surface area contributed by atoms with Crippen LogP contribution in [0, 0.1) is 0 Å². The van der Waals surface area contributed by atoms with Gasteiger partial charge in [-0.15, -0.1) is 0 Å². The fourth-order valence-electron chi connectivity index (χ4n) is 2.02. The van der Waals surface area contributed by atoms with Gasteiger partial charge in [0.1, 0.15) is 5.75 Å². The van der Waals surface area contributed by atoms with E-state index in [2.05, 4.69) is 10.1 Å². The number of carbonyl (C=O) groups excluding carboxylic acids is 1. The molecule has 106 valence electrons. The smallest absolute Gasteiger partial charge is 0.198 e. The lowest BCUT2D eigenvalue weighted by molar-refractivity contribution is 0.103. The number of hydrogen-bond acceptors (Lipinski definition) is 4. The van der Waals surface area contributed by atoms with Crippen molar-refractivity contribution in [3.8, 4) is 5.75 Å². The van der Waals surface area contributed by atoms with Gasteiger partial charge in [-0.05, 0) is 26.3 Å². The van der Waals surface area contributed by atoms with Gasteiger partial charge in [-0.2, -0.15) is 5.10 Å². The Bertz CT molecular complexity index is 617. The van der Waals surface area contributed by atoms with Crippen LogP contribution in [0.2, 0.25) is 0 Å². The van der Waals surface area contributed by atoms with Crippen LogP contribution in [0.4, 0.5) is 0 Å². The summed E-state index contributed by atoms with van der Waals surface area (Å²) in [5.41, 5.74) is 1.94. The Kier molecular flexibility index (Phi) is 4.17. The van der Waals surface area contributed by atoms with Gasteiger partial charge in [-0.1, -0.05) is 6.92 Å². The van der Waals surface area contributed by atoms with Gasteiger partial charge in [-0.3, -0.25) is 14.5 Å². The molecule has 0 saturated carbocycles. The van der Waals surface area contributed by atoms with Crippen LogP contribution in [0.25, 0.3) is 0 Å². The van der Waals surface area contributed by atoms with Crippen LogP contribution >= 0.6 is 0 Å². The van der Waals surface area contributed by atoms with Crippen LogP contribution in [0.5, 0.6) is 5.75 Å². The van der Waals surface area contributed by atoms with Crippen molar-refractivity contribution in [2.24, 2.45) is 7.05 Å². The van der Waals surface area contributed by atoms with Gasteiger partial charge < -0.3 is 4.74 Å². The van der Waals surface area contributed by atoms with Gasteiger partial charge >= 0.3 is 0 Å². The molecule has 0 aromatic carbocycles. The number of aromatic nitrogens is 3. The Hall–Kier alpha value is -2.17. The summed E-state index contributed by atoms with van der Waals surface area (Å²) >= 11 is 0. The highest BCUT2D eigenvalue weighted by Crippen LogP contribution is 2.18. The molecule has 0 aliphatic carbocycles. The van der Waals surface area contributed by atoms with E-state index in [1.54, 1.807) is 29.3 Å². The molecular formula is C15H19N3O2. The van der Waals surface area contributed by atoms with Crippen LogP contribution in [-0.4, -0.2) is 26.7 Å². The number of aryl methyl sites for hydroxylation is 2. The first-order valence-electron chi connectivity index (χ1n) is 6.70.